The summed E-state index contributed by atoms with van der Waals surface area (Å²) in [6.07, 6.45) is -2.63. The summed E-state index contributed by atoms with van der Waals surface area (Å²) in [6, 6.07) is 3.23. The predicted octanol–water partition coefficient (Wildman–Crippen LogP) is 3.60. The first-order valence-corrected chi connectivity index (χ1v) is 6.07. The average Bonchev–Trinajstić information content (AvgIpc) is 2.27. The Morgan fingerprint density at radius 1 is 1.35 bits per heavy atom. The van der Waals surface area contributed by atoms with Gasteiger partial charge in [0.1, 0.15) is 0 Å². The molecule has 0 unspecified atom stereocenters. The summed E-state index contributed by atoms with van der Waals surface area (Å²) in [5.74, 6) is -0.464. The smallest absolute Gasteiger partial charge is 0.324 e. The van der Waals surface area contributed by atoms with Gasteiger partial charge in [0.25, 0.3) is 0 Å². The normalized spacial score (nSPS) is 16.9. The molecule has 0 aliphatic heterocycles. The third kappa shape index (κ3) is 3.37. The van der Waals surface area contributed by atoms with Crippen LogP contribution in [0.4, 0.5) is 18.9 Å². The van der Waals surface area contributed by atoms with Gasteiger partial charge in [-0.15, -0.1) is 12.4 Å². The lowest BCUT2D eigenvalue weighted by Crippen LogP contribution is -2.56. The molecular formula is C12H13Cl2F3N2O. The van der Waals surface area contributed by atoms with Crippen molar-refractivity contribution in [1.82, 2.24) is 0 Å². The van der Waals surface area contributed by atoms with Gasteiger partial charge in [0.15, 0.2) is 0 Å². The first kappa shape index (κ1) is 17.1. The van der Waals surface area contributed by atoms with E-state index in [4.69, 9.17) is 17.3 Å². The third-order valence-corrected chi connectivity index (χ3v) is 3.56. The number of rotatable bonds is 2. The van der Waals surface area contributed by atoms with Crippen LogP contribution < -0.4 is 11.1 Å². The second kappa shape index (κ2) is 5.79. The first-order valence-electron chi connectivity index (χ1n) is 5.69. The van der Waals surface area contributed by atoms with Crippen molar-refractivity contribution in [3.8, 4) is 0 Å². The summed E-state index contributed by atoms with van der Waals surface area (Å²) in [7, 11) is 0. The minimum Gasteiger partial charge on any atom is -0.324 e. The molecule has 0 saturated heterocycles. The predicted molar refractivity (Wildman–Crippen MR) is 73.1 cm³/mol. The number of amides is 1. The second-order valence-electron chi connectivity index (χ2n) is 4.66. The molecule has 1 aromatic carbocycles. The van der Waals surface area contributed by atoms with E-state index in [2.05, 4.69) is 5.32 Å². The Balaban J connectivity index is 0.00000200. The third-order valence-electron chi connectivity index (χ3n) is 3.23. The van der Waals surface area contributed by atoms with E-state index in [1.54, 1.807) is 0 Å². The number of hydrogen-bond acceptors (Lipinski definition) is 2. The molecule has 1 fully saturated rings. The molecule has 0 atom stereocenters. The van der Waals surface area contributed by atoms with E-state index in [-0.39, 0.29) is 18.1 Å². The fourth-order valence-electron chi connectivity index (χ4n) is 1.86. The lowest BCUT2D eigenvalue weighted by molar-refractivity contribution is -0.137. The van der Waals surface area contributed by atoms with Crippen molar-refractivity contribution in [1.29, 1.82) is 0 Å². The molecule has 1 aliphatic rings. The minimum atomic E-state index is -4.56. The number of carbonyl (C=O) groups excluding carboxylic acids is 1. The van der Waals surface area contributed by atoms with Crippen LogP contribution in [-0.2, 0) is 11.0 Å². The van der Waals surface area contributed by atoms with Crippen molar-refractivity contribution in [3.63, 3.8) is 0 Å². The van der Waals surface area contributed by atoms with Gasteiger partial charge in [-0.1, -0.05) is 11.6 Å². The highest BCUT2D eigenvalue weighted by Gasteiger charge is 2.40. The van der Waals surface area contributed by atoms with Crippen molar-refractivity contribution >= 4 is 35.6 Å². The van der Waals surface area contributed by atoms with Gasteiger partial charge < -0.3 is 11.1 Å². The van der Waals surface area contributed by atoms with Crippen LogP contribution in [0.3, 0.4) is 0 Å². The fraction of sp³-hybridized carbons (Fsp3) is 0.417. The number of nitrogens with two attached hydrogens (primary N) is 1. The van der Waals surface area contributed by atoms with Crippen LogP contribution in [0, 0.1) is 0 Å². The molecule has 0 spiro atoms. The summed E-state index contributed by atoms with van der Waals surface area (Å²) in [5, 5.41) is 2.00. The van der Waals surface area contributed by atoms with E-state index in [1.165, 1.54) is 6.07 Å². The Hall–Kier alpha value is -0.980. The van der Waals surface area contributed by atoms with Crippen molar-refractivity contribution in [2.45, 2.75) is 31.0 Å². The number of benzene rings is 1. The molecule has 1 amide bonds. The Bertz CT molecular complexity index is 516. The number of carbonyl (C=O) groups is 1. The molecule has 20 heavy (non-hydrogen) atoms. The monoisotopic (exact) mass is 328 g/mol. The Kier molecular flexibility index (Phi) is 4.94. The molecule has 3 N–H and O–H groups in total. The molecular weight excluding hydrogens is 316 g/mol. The van der Waals surface area contributed by atoms with Gasteiger partial charge in [0, 0.05) is 5.69 Å². The molecule has 0 bridgehead atoms. The highest BCUT2D eigenvalue weighted by Crippen LogP contribution is 2.37. The number of hydrogen-bond donors (Lipinski definition) is 2. The topological polar surface area (TPSA) is 55.1 Å². The molecule has 112 valence electrons. The fourth-order valence-corrected chi connectivity index (χ4v) is 2.09. The summed E-state index contributed by atoms with van der Waals surface area (Å²) >= 11 is 5.49. The van der Waals surface area contributed by atoms with Crippen LogP contribution in [0.15, 0.2) is 18.2 Å². The number of nitrogens with one attached hydrogen (secondary N) is 1. The number of anilines is 1. The summed E-state index contributed by atoms with van der Waals surface area (Å²) in [6.45, 7) is 0. The molecule has 1 aliphatic carbocycles. The first-order chi connectivity index (χ1) is 8.72. The molecule has 1 aromatic rings. The van der Waals surface area contributed by atoms with E-state index in [0.29, 0.717) is 12.8 Å². The van der Waals surface area contributed by atoms with Gasteiger partial charge in [-0.25, -0.2) is 0 Å². The molecule has 0 aromatic heterocycles. The van der Waals surface area contributed by atoms with Crippen molar-refractivity contribution in [2.75, 3.05) is 5.32 Å². The van der Waals surface area contributed by atoms with Gasteiger partial charge in [-0.05, 0) is 37.5 Å². The van der Waals surface area contributed by atoms with Crippen LogP contribution in [-0.4, -0.2) is 11.4 Å². The van der Waals surface area contributed by atoms with Crippen molar-refractivity contribution in [2.24, 2.45) is 5.73 Å². The van der Waals surface area contributed by atoms with Crippen LogP contribution in [0.1, 0.15) is 24.8 Å². The molecule has 1 saturated carbocycles. The highest BCUT2D eigenvalue weighted by molar-refractivity contribution is 6.31. The second-order valence-corrected chi connectivity index (χ2v) is 5.06. The van der Waals surface area contributed by atoms with E-state index in [9.17, 15) is 18.0 Å². The van der Waals surface area contributed by atoms with Crippen LogP contribution >= 0.6 is 24.0 Å². The highest BCUT2D eigenvalue weighted by atomic mass is 35.5. The van der Waals surface area contributed by atoms with Crippen LogP contribution in [0.2, 0.25) is 5.02 Å². The van der Waals surface area contributed by atoms with E-state index < -0.39 is 28.2 Å². The molecule has 8 heteroatoms. The zero-order chi connectivity index (χ0) is 14.3. The Morgan fingerprint density at radius 2 is 1.95 bits per heavy atom. The summed E-state index contributed by atoms with van der Waals surface area (Å²) in [4.78, 5) is 11.8. The average molecular weight is 329 g/mol. The van der Waals surface area contributed by atoms with Crippen molar-refractivity contribution in [3.05, 3.63) is 28.8 Å². The van der Waals surface area contributed by atoms with Gasteiger partial charge in [0.2, 0.25) is 5.91 Å². The minimum absolute atomic E-state index is 0. The maximum Gasteiger partial charge on any atom is 0.417 e. The Morgan fingerprint density at radius 3 is 2.40 bits per heavy atom. The molecule has 2 rings (SSSR count). The zero-order valence-electron chi connectivity index (χ0n) is 10.3. The molecule has 0 radical (unpaired) electrons. The van der Waals surface area contributed by atoms with Gasteiger partial charge >= 0.3 is 6.18 Å². The van der Waals surface area contributed by atoms with Crippen LogP contribution in [0.25, 0.3) is 0 Å². The maximum atomic E-state index is 12.7. The van der Waals surface area contributed by atoms with E-state index in [1.807, 2.05) is 0 Å². The number of alkyl halides is 3. The van der Waals surface area contributed by atoms with Gasteiger partial charge in [-0.2, -0.15) is 13.2 Å². The lowest BCUT2D eigenvalue weighted by atomic mass is 9.77. The molecule has 0 heterocycles. The maximum absolute atomic E-state index is 12.7. The molecule has 3 nitrogen and oxygen atoms in total. The van der Waals surface area contributed by atoms with Crippen molar-refractivity contribution < 1.29 is 18.0 Å². The summed E-state index contributed by atoms with van der Waals surface area (Å²) in [5.41, 5.74) is 3.89. The zero-order valence-corrected chi connectivity index (χ0v) is 11.8. The largest absolute Gasteiger partial charge is 0.417 e. The van der Waals surface area contributed by atoms with Gasteiger partial charge in [-0.3, -0.25) is 4.79 Å². The Labute approximate surface area is 125 Å². The number of halogens is 5. The summed E-state index contributed by atoms with van der Waals surface area (Å²) < 4.78 is 38.0. The van der Waals surface area contributed by atoms with Gasteiger partial charge in [0.05, 0.1) is 16.1 Å². The lowest BCUT2D eigenvalue weighted by Gasteiger charge is -2.36. The standard InChI is InChI=1S/C12H12ClF3N2O.ClH/c13-9-3-2-7(6-8(9)12(14,15)16)18-10(19)11(17)4-1-5-11;/h2-3,6H,1,4-5,17H2,(H,18,19);1H. The van der Waals surface area contributed by atoms with E-state index >= 15 is 0 Å². The quantitative estimate of drug-likeness (QED) is 0.871. The van der Waals surface area contributed by atoms with Crippen LogP contribution in [0.5, 0.6) is 0 Å². The van der Waals surface area contributed by atoms with E-state index in [0.717, 1.165) is 18.6 Å². The SMILES string of the molecule is Cl.NC1(C(=O)Nc2ccc(Cl)c(C(F)(F)F)c2)CCC1.